The zero-order chi connectivity index (χ0) is 12.6. The number of aromatic nitrogens is 2. The Morgan fingerprint density at radius 2 is 2.00 bits per heavy atom. The molecule has 1 heterocycles. The Labute approximate surface area is 103 Å². The van der Waals surface area contributed by atoms with Gasteiger partial charge in [0.05, 0.1) is 0 Å². The lowest BCUT2D eigenvalue weighted by molar-refractivity contribution is 0.491. The highest BCUT2D eigenvalue weighted by Gasteiger charge is 2.38. The van der Waals surface area contributed by atoms with Gasteiger partial charge in [-0.05, 0) is 38.5 Å². The van der Waals surface area contributed by atoms with E-state index in [9.17, 15) is 0 Å². The van der Waals surface area contributed by atoms with E-state index in [-0.39, 0.29) is 5.54 Å². The van der Waals surface area contributed by atoms with Crippen LogP contribution in [0.5, 0.6) is 0 Å². The summed E-state index contributed by atoms with van der Waals surface area (Å²) in [5.74, 6) is 2.56. The molecule has 1 aliphatic rings. The maximum atomic E-state index is 5.94. The first-order valence-electron chi connectivity index (χ1n) is 6.30. The Hall–Kier alpha value is -1.32. The smallest absolute Gasteiger partial charge is 0.135 e. The highest BCUT2D eigenvalue weighted by atomic mass is 15.1. The first-order valence-corrected chi connectivity index (χ1v) is 6.30. The molecule has 94 valence electrons. The van der Waals surface area contributed by atoms with Crippen LogP contribution in [0.1, 0.15) is 52.0 Å². The Morgan fingerprint density at radius 1 is 1.35 bits per heavy atom. The van der Waals surface area contributed by atoms with E-state index in [1.165, 1.54) is 19.2 Å². The minimum absolute atomic E-state index is 0.0877. The fourth-order valence-electron chi connectivity index (χ4n) is 2.29. The van der Waals surface area contributed by atoms with Crippen LogP contribution in [0.3, 0.4) is 0 Å². The lowest BCUT2D eigenvalue weighted by atomic mass is 9.97. The number of hydrogen-bond acceptors (Lipinski definition) is 4. The van der Waals surface area contributed by atoms with E-state index in [2.05, 4.69) is 43.0 Å². The predicted octanol–water partition coefficient (Wildman–Crippen LogP) is 2.78. The third kappa shape index (κ3) is 2.51. The van der Waals surface area contributed by atoms with Gasteiger partial charge in [0.25, 0.3) is 0 Å². The molecule has 1 saturated carbocycles. The maximum absolute atomic E-state index is 5.94. The zero-order valence-electron chi connectivity index (χ0n) is 11.1. The van der Waals surface area contributed by atoms with Crippen LogP contribution in [0.25, 0.3) is 0 Å². The Balaban J connectivity index is 2.28. The first-order chi connectivity index (χ1) is 7.92. The van der Waals surface area contributed by atoms with Crippen molar-refractivity contribution in [3.8, 4) is 0 Å². The van der Waals surface area contributed by atoms with Gasteiger partial charge in [-0.3, -0.25) is 0 Å². The average Bonchev–Trinajstić information content (AvgIpc) is 2.98. The van der Waals surface area contributed by atoms with Crippen molar-refractivity contribution >= 4 is 11.6 Å². The second kappa shape index (κ2) is 4.17. The van der Waals surface area contributed by atoms with Gasteiger partial charge in [0.1, 0.15) is 18.0 Å². The molecule has 0 bridgehead atoms. The van der Waals surface area contributed by atoms with Crippen molar-refractivity contribution in [1.29, 1.82) is 0 Å². The SMILES string of the molecule is CC(C)c1c(N)ncnc1NC(C)(C)C1CC1. The summed E-state index contributed by atoms with van der Waals surface area (Å²) in [5, 5.41) is 3.54. The number of hydrogen-bond donors (Lipinski definition) is 2. The summed E-state index contributed by atoms with van der Waals surface area (Å²) in [4.78, 5) is 8.43. The van der Waals surface area contributed by atoms with Gasteiger partial charge in [-0.2, -0.15) is 0 Å². The van der Waals surface area contributed by atoms with Crippen molar-refractivity contribution in [2.24, 2.45) is 5.92 Å². The molecule has 4 heteroatoms. The van der Waals surface area contributed by atoms with Crippen molar-refractivity contribution in [1.82, 2.24) is 9.97 Å². The van der Waals surface area contributed by atoms with E-state index in [4.69, 9.17) is 5.73 Å². The van der Waals surface area contributed by atoms with E-state index < -0.39 is 0 Å². The zero-order valence-corrected chi connectivity index (χ0v) is 11.1. The highest BCUT2D eigenvalue weighted by molar-refractivity contribution is 5.57. The molecule has 1 aromatic rings. The van der Waals surface area contributed by atoms with Crippen molar-refractivity contribution in [3.05, 3.63) is 11.9 Å². The van der Waals surface area contributed by atoms with Crippen molar-refractivity contribution in [3.63, 3.8) is 0 Å². The third-order valence-corrected chi connectivity index (χ3v) is 3.53. The molecule has 1 fully saturated rings. The van der Waals surface area contributed by atoms with Crippen LogP contribution < -0.4 is 11.1 Å². The minimum Gasteiger partial charge on any atom is -0.383 e. The van der Waals surface area contributed by atoms with Gasteiger partial charge in [0.15, 0.2) is 0 Å². The number of nitrogen functional groups attached to an aromatic ring is 1. The lowest BCUT2D eigenvalue weighted by Crippen LogP contribution is -2.34. The lowest BCUT2D eigenvalue weighted by Gasteiger charge is -2.28. The van der Waals surface area contributed by atoms with Crippen molar-refractivity contribution < 1.29 is 0 Å². The molecule has 0 aliphatic heterocycles. The van der Waals surface area contributed by atoms with Gasteiger partial charge in [-0.15, -0.1) is 0 Å². The molecular formula is C13H22N4. The molecular weight excluding hydrogens is 212 g/mol. The van der Waals surface area contributed by atoms with Crippen molar-refractivity contribution in [2.75, 3.05) is 11.1 Å². The van der Waals surface area contributed by atoms with Crippen molar-refractivity contribution in [2.45, 2.75) is 52.0 Å². The van der Waals surface area contributed by atoms with E-state index in [0.29, 0.717) is 11.7 Å². The molecule has 0 unspecified atom stereocenters. The summed E-state index contributed by atoms with van der Waals surface area (Å²) in [7, 11) is 0. The van der Waals surface area contributed by atoms with Crippen LogP contribution in [0.15, 0.2) is 6.33 Å². The number of nitrogens with two attached hydrogens (primary N) is 1. The van der Waals surface area contributed by atoms with Crippen LogP contribution in [0, 0.1) is 5.92 Å². The van der Waals surface area contributed by atoms with Crippen LogP contribution in [0.4, 0.5) is 11.6 Å². The van der Waals surface area contributed by atoms with Gasteiger partial charge in [0, 0.05) is 11.1 Å². The molecule has 1 aromatic heterocycles. The quantitative estimate of drug-likeness (QED) is 0.840. The minimum atomic E-state index is 0.0877. The monoisotopic (exact) mass is 234 g/mol. The predicted molar refractivity (Wildman–Crippen MR) is 71.0 cm³/mol. The van der Waals surface area contributed by atoms with Crippen LogP contribution in [-0.4, -0.2) is 15.5 Å². The second-order valence-corrected chi connectivity index (χ2v) is 5.80. The fourth-order valence-corrected chi connectivity index (χ4v) is 2.29. The molecule has 3 N–H and O–H groups in total. The van der Waals surface area contributed by atoms with E-state index in [1.807, 2.05) is 0 Å². The number of nitrogens with zero attached hydrogens (tertiary/aromatic N) is 2. The number of nitrogens with one attached hydrogen (secondary N) is 1. The Kier molecular flexibility index (Phi) is 2.98. The molecule has 0 spiro atoms. The highest BCUT2D eigenvalue weighted by Crippen LogP contribution is 2.41. The van der Waals surface area contributed by atoms with Crippen LogP contribution in [-0.2, 0) is 0 Å². The summed E-state index contributed by atoms with van der Waals surface area (Å²) in [5.41, 5.74) is 7.06. The maximum Gasteiger partial charge on any atom is 0.135 e. The second-order valence-electron chi connectivity index (χ2n) is 5.80. The molecule has 0 aromatic carbocycles. The van der Waals surface area contributed by atoms with Gasteiger partial charge in [0.2, 0.25) is 0 Å². The topological polar surface area (TPSA) is 63.8 Å². The first kappa shape index (κ1) is 12.1. The molecule has 17 heavy (non-hydrogen) atoms. The fraction of sp³-hybridized carbons (Fsp3) is 0.692. The normalized spacial score (nSPS) is 16.3. The third-order valence-electron chi connectivity index (χ3n) is 3.53. The Bertz CT molecular complexity index is 408. The molecule has 4 nitrogen and oxygen atoms in total. The molecule has 2 rings (SSSR count). The largest absolute Gasteiger partial charge is 0.383 e. The van der Waals surface area contributed by atoms with E-state index in [1.54, 1.807) is 0 Å². The van der Waals surface area contributed by atoms with Gasteiger partial charge < -0.3 is 11.1 Å². The molecule has 1 aliphatic carbocycles. The molecule has 0 radical (unpaired) electrons. The standard InChI is InChI=1S/C13H22N4/c1-8(2)10-11(14)15-7-16-12(10)17-13(3,4)9-5-6-9/h7-9H,5-6H2,1-4H3,(H3,14,15,16,17). The van der Waals surface area contributed by atoms with Crippen LogP contribution in [0.2, 0.25) is 0 Å². The van der Waals surface area contributed by atoms with Gasteiger partial charge in [-0.1, -0.05) is 13.8 Å². The summed E-state index contributed by atoms with van der Waals surface area (Å²) in [6.07, 6.45) is 4.14. The molecule has 0 amide bonds. The molecule has 0 saturated heterocycles. The van der Waals surface area contributed by atoms with Crippen LogP contribution >= 0.6 is 0 Å². The molecule has 0 atom stereocenters. The Morgan fingerprint density at radius 3 is 2.53 bits per heavy atom. The van der Waals surface area contributed by atoms with Gasteiger partial charge >= 0.3 is 0 Å². The van der Waals surface area contributed by atoms with Gasteiger partial charge in [-0.25, -0.2) is 9.97 Å². The number of rotatable bonds is 4. The van der Waals surface area contributed by atoms with E-state index in [0.717, 1.165) is 17.3 Å². The number of anilines is 2. The summed E-state index contributed by atoms with van der Waals surface area (Å²) in [6.45, 7) is 8.69. The average molecular weight is 234 g/mol. The summed E-state index contributed by atoms with van der Waals surface area (Å²) >= 11 is 0. The summed E-state index contributed by atoms with van der Waals surface area (Å²) in [6, 6.07) is 0. The summed E-state index contributed by atoms with van der Waals surface area (Å²) < 4.78 is 0. The van der Waals surface area contributed by atoms with E-state index >= 15 is 0 Å².